The van der Waals surface area contributed by atoms with E-state index >= 15 is 0 Å². The molecule has 0 saturated heterocycles. The normalized spacial score (nSPS) is 12.7. The fraction of sp³-hybridized carbons (Fsp3) is 0.333. The molecule has 2 aromatic heterocycles. The van der Waals surface area contributed by atoms with Crippen LogP contribution in [0.25, 0.3) is 15.9 Å². The number of rotatable bonds is 11. The van der Waals surface area contributed by atoms with Crippen molar-refractivity contribution in [1.82, 2.24) is 15.0 Å². The summed E-state index contributed by atoms with van der Waals surface area (Å²) in [7, 11) is 0. The van der Waals surface area contributed by atoms with Crippen LogP contribution in [0, 0.1) is 0 Å². The van der Waals surface area contributed by atoms with E-state index in [1.807, 2.05) is 43.3 Å². The Kier molecular flexibility index (Phi) is 8.86. The van der Waals surface area contributed by atoms with Crippen molar-refractivity contribution in [3.63, 3.8) is 0 Å². The highest BCUT2D eigenvalue weighted by atomic mass is 32.2. The molecule has 8 nitrogen and oxygen atoms in total. The molecule has 1 amide bonds. The van der Waals surface area contributed by atoms with Gasteiger partial charge in [0.2, 0.25) is 0 Å². The number of aromatic nitrogens is 2. The number of nitrogens with one attached hydrogen (secondary N) is 1. The molecule has 4 aromatic rings. The summed E-state index contributed by atoms with van der Waals surface area (Å²) in [5, 5.41) is 5.31. The number of benzene rings is 2. The maximum absolute atomic E-state index is 13.8. The number of hydrogen-bond donors (Lipinski definition) is 1. The Morgan fingerprint density at radius 3 is 2.58 bits per heavy atom. The summed E-state index contributed by atoms with van der Waals surface area (Å²) in [5.41, 5.74) is 6.37. The van der Waals surface area contributed by atoms with Crippen LogP contribution >= 0.6 is 23.1 Å². The first-order valence-electron chi connectivity index (χ1n) is 13.6. The predicted molar refractivity (Wildman–Crippen MR) is 165 cm³/mol. The summed E-state index contributed by atoms with van der Waals surface area (Å²) in [6.07, 6.45) is 4.58. The second-order valence-electron chi connectivity index (χ2n) is 9.35. The van der Waals surface area contributed by atoms with Crippen molar-refractivity contribution in [3.8, 4) is 11.4 Å². The van der Waals surface area contributed by atoms with Crippen molar-refractivity contribution in [2.45, 2.75) is 45.2 Å². The summed E-state index contributed by atoms with van der Waals surface area (Å²) in [6, 6.07) is 15.5. The zero-order valence-corrected chi connectivity index (χ0v) is 24.6. The maximum Gasteiger partial charge on any atom is 0.267 e. The van der Waals surface area contributed by atoms with Gasteiger partial charge in [-0.3, -0.25) is 14.2 Å². The molecule has 0 fully saturated rings. The van der Waals surface area contributed by atoms with Crippen molar-refractivity contribution >= 4 is 51.1 Å². The Labute approximate surface area is 242 Å². The zero-order chi connectivity index (χ0) is 28.1. The molecular weight excluding hydrogens is 542 g/mol. The number of hydrogen-bond acceptors (Lipinski definition) is 8. The molecule has 40 heavy (non-hydrogen) atoms. The minimum atomic E-state index is -0.276. The lowest BCUT2D eigenvalue weighted by Crippen LogP contribution is -2.24. The molecule has 2 aromatic carbocycles. The third-order valence-electron chi connectivity index (χ3n) is 6.87. The highest BCUT2D eigenvalue weighted by Crippen LogP contribution is 2.36. The molecule has 0 unspecified atom stereocenters. The number of thioether (sulfide) groups is 1. The van der Waals surface area contributed by atoms with Crippen LogP contribution < -0.4 is 20.6 Å². The highest BCUT2D eigenvalue weighted by Gasteiger charge is 2.24. The molecule has 1 aliphatic rings. The Bertz CT molecular complexity index is 1570. The van der Waals surface area contributed by atoms with Gasteiger partial charge in [-0.05, 0) is 87.6 Å². The lowest BCUT2D eigenvalue weighted by atomic mass is 10.2. The highest BCUT2D eigenvalue weighted by molar-refractivity contribution is 7.99. The van der Waals surface area contributed by atoms with Gasteiger partial charge in [0, 0.05) is 23.7 Å². The summed E-state index contributed by atoms with van der Waals surface area (Å²) in [6.45, 7) is 8.64. The topological polar surface area (TPSA) is 88.8 Å². The average Bonchev–Trinajstić information content (AvgIpc) is 3.55. The first kappa shape index (κ1) is 27.9. The van der Waals surface area contributed by atoms with Gasteiger partial charge in [0.05, 0.1) is 29.6 Å². The van der Waals surface area contributed by atoms with E-state index in [0.29, 0.717) is 22.8 Å². The van der Waals surface area contributed by atoms with Crippen LogP contribution in [0.1, 0.15) is 43.2 Å². The zero-order valence-electron chi connectivity index (χ0n) is 23.0. The van der Waals surface area contributed by atoms with Gasteiger partial charge in [-0.25, -0.2) is 10.4 Å². The van der Waals surface area contributed by atoms with Crippen molar-refractivity contribution in [1.29, 1.82) is 0 Å². The molecule has 10 heteroatoms. The van der Waals surface area contributed by atoms with Crippen molar-refractivity contribution in [2.24, 2.45) is 5.10 Å². The van der Waals surface area contributed by atoms with Crippen LogP contribution in [0.15, 0.2) is 63.6 Å². The lowest BCUT2D eigenvalue weighted by Gasteiger charge is -2.20. The van der Waals surface area contributed by atoms with E-state index in [1.54, 1.807) is 22.1 Å². The number of thiophene rings is 1. The Hall–Kier alpha value is -3.63. The van der Waals surface area contributed by atoms with Crippen LogP contribution in [0.2, 0.25) is 0 Å². The van der Waals surface area contributed by atoms with E-state index in [2.05, 4.69) is 41.4 Å². The fourth-order valence-electron chi connectivity index (χ4n) is 4.91. The van der Waals surface area contributed by atoms with Gasteiger partial charge in [-0.1, -0.05) is 23.9 Å². The maximum atomic E-state index is 13.8. The molecule has 5 rings (SSSR count). The summed E-state index contributed by atoms with van der Waals surface area (Å²) >= 11 is 2.82. The first-order chi connectivity index (χ1) is 19.5. The molecule has 1 aliphatic carbocycles. The van der Waals surface area contributed by atoms with Gasteiger partial charge < -0.3 is 9.64 Å². The van der Waals surface area contributed by atoms with Crippen LogP contribution in [0.5, 0.6) is 5.75 Å². The van der Waals surface area contributed by atoms with E-state index in [1.165, 1.54) is 16.6 Å². The van der Waals surface area contributed by atoms with Gasteiger partial charge in [0.15, 0.2) is 5.16 Å². The van der Waals surface area contributed by atoms with Gasteiger partial charge in [-0.15, -0.1) is 11.3 Å². The fourth-order valence-corrected chi connectivity index (χ4v) is 7.02. The molecule has 0 spiro atoms. The number of anilines is 1. The summed E-state index contributed by atoms with van der Waals surface area (Å²) < 4.78 is 7.19. The molecule has 0 bridgehead atoms. The summed E-state index contributed by atoms with van der Waals surface area (Å²) in [5.74, 6) is 0.527. The van der Waals surface area contributed by atoms with Crippen molar-refractivity contribution < 1.29 is 9.53 Å². The number of aryl methyl sites for hydroxylation is 2. The number of amides is 1. The standard InChI is InChI=1S/C30H33N5O3S2/c1-4-34(5-2)21-12-10-20(11-13-21)18-31-33-26(36)19-39-30-32-28-27(24-8-7-9-25(24)40-28)29(37)35(30)22-14-16-23(17-15-22)38-6-3/h10-18H,4-9,19H2,1-3H3,(H,33,36). The van der Waals surface area contributed by atoms with E-state index < -0.39 is 0 Å². The number of nitrogens with zero attached hydrogens (tertiary/aromatic N) is 4. The van der Waals surface area contributed by atoms with E-state index in [4.69, 9.17) is 9.72 Å². The molecule has 2 heterocycles. The van der Waals surface area contributed by atoms with Crippen LogP contribution in [0.3, 0.4) is 0 Å². The molecule has 0 radical (unpaired) electrons. The minimum absolute atomic E-state index is 0.0678. The predicted octanol–water partition coefficient (Wildman–Crippen LogP) is 5.42. The monoisotopic (exact) mass is 575 g/mol. The minimum Gasteiger partial charge on any atom is -0.494 e. The SMILES string of the molecule is CCOc1ccc(-n2c(SCC(=O)NN=Cc3ccc(N(CC)CC)cc3)nc3sc4c(c3c2=O)CCC4)cc1. The second kappa shape index (κ2) is 12.7. The molecule has 1 N–H and O–H groups in total. The third-order valence-corrected chi connectivity index (χ3v) is 9.00. The van der Waals surface area contributed by atoms with E-state index in [0.717, 1.165) is 59.7 Å². The van der Waals surface area contributed by atoms with E-state index in [-0.39, 0.29) is 17.2 Å². The lowest BCUT2D eigenvalue weighted by molar-refractivity contribution is -0.118. The summed E-state index contributed by atoms with van der Waals surface area (Å²) in [4.78, 5) is 35.6. The van der Waals surface area contributed by atoms with Crippen molar-refractivity contribution in [2.75, 3.05) is 30.3 Å². The number of carbonyl (C=O) groups excluding carboxylic acids is 1. The van der Waals surface area contributed by atoms with Crippen LogP contribution in [-0.4, -0.2) is 47.1 Å². The Morgan fingerprint density at radius 1 is 1.12 bits per heavy atom. The number of ether oxygens (including phenoxy) is 1. The van der Waals surface area contributed by atoms with Gasteiger partial charge in [0.25, 0.3) is 11.5 Å². The quantitative estimate of drug-likeness (QED) is 0.111. The van der Waals surface area contributed by atoms with Crippen LogP contribution in [-0.2, 0) is 17.6 Å². The average molecular weight is 576 g/mol. The molecule has 0 atom stereocenters. The number of hydrazone groups is 1. The van der Waals surface area contributed by atoms with E-state index in [9.17, 15) is 9.59 Å². The smallest absolute Gasteiger partial charge is 0.267 e. The van der Waals surface area contributed by atoms with Gasteiger partial charge >= 0.3 is 0 Å². The third kappa shape index (κ3) is 5.93. The largest absolute Gasteiger partial charge is 0.494 e. The molecule has 0 aliphatic heterocycles. The second-order valence-corrected chi connectivity index (χ2v) is 11.4. The first-order valence-corrected chi connectivity index (χ1v) is 15.4. The molecule has 0 saturated carbocycles. The molecule has 208 valence electrons. The number of fused-ring (bicyclic) bond motifs is 3. The Morgan fingerprint density at radius 2 is 1.88 bits per heavy atom. The van der Waals surface area contributed by atoms with Crippen LogP contribution in [0.4, 0.5) is 5.69 Å². The number of carbonyl (C=O) groups is 1. The Balaban J connectivity index is 1.33. The van der Waals surface area contributed by atoms with Gasteiger partial charge in [0.1, 0.15) is 10.6 Å². The van der Waals surface area contributed by atoms with Gasteiger partial charge in [-0.2, -0.15) is 5.10 Å². The molecular formula is C30H33N5O3S2. The van der Waals surface area contributed by atoms with Crippen molar-refractivity contribution in [3.05, 3.63) is 74.9 Å².